The topological polar surface area (TPSA) is 46.3 Å². The first-order valence-electron chi connectivity index (χ1n) is 4.56. The highest BCUT2D eigenvalue weighted by atomic mass is 16.3. The molecule has 0 fully saturated rings. The molecule has 2 rings (SSSR count). The van der Waals surface area contributed by atoms with Crippen LogP contribution in [0.2, 0.25) is 0 Å². The molecule has 0 amide bonds. The fourth-order valence-electron chi connectivity index (χ4n) is 1.01. The number of para-hydroxylation sites is 1. The van der Waals surface area contributed by atoms with Gasteiger partial charge < -0.3 is 9.52 Å². The number of benzene rings is 1. The molecule has 14 heavy (non-hydrogen) atoms. The second kappa shape index (κ2) is 5.07. The zero-order chi connectivity index (χ0) is 10.4. The standard InChI is InChI=1S/C9H7NO2.C2H6/c11-8-4-2-1-3-7(8)9-10-5-6-12-9;1-2/h1-6,11H;1-2H3. The van der Waals surface area contributed by atoms with Crippen LogP contribution in [0.3, 0.4) is 0 Å². The minimum atomic E-state index is 0.181. The summed E-state index contributed by atoms with van der Waals surface area (Å²) in [5, 5.41) is 9.38. The fourth-order valence-corrected chi connectivity index (χ4v) is 1.01. The van der Waals surface area contributed by atoms with Crippen molar-refractivity contribution in [3.8, 4) is 17.2 Å². The Balaban J connectivity index is 0.000000461. The summed E-state index contributed by atoms with van der Waals surface area (Å²) >= 11 is 0. The van der Waals surface area contributed by atoms with Gasteiger partial charge in [0.2, 0.25) is 5.89 Å². The van der Waals surface area contributed by atoms with E-state index < -0.39 is 0 Å². The van der Waals surface area contributed by atoms with Crippen LogP contribution in [-0.2, 0) is 0 Å². The molecular formula is C11H13NO2. The maximum Gasteiger partial charge on any atom is 0.229 e. The Hall–Kier alpha value is -1.77. The SMILES string of the molecule is CC.Oc1ccccc1-c1ncco1. The van der Waals surface area contributed by atoms with Gasteiger partial charge in [0, 0.05) is 0 Å². The number of phenolic OH excluding ortho intramolecular Hbond substituents is 1. The zero-order valence-electron chi connectivity index (χ0n) is 8.27. The van der Waals surface area contributed by atoms with Crippen molar-refractivity contribution >= 4 is 0 Å². The van der Waals surface area contributed by atoms with Crippen LogP contribution in [-0.4, -0.2) is 10.1 Å². The first-order valence-corrected chi connectivity index (χ1v) is 4.56. The third-order valence-corrected chi connectivity index (χ3v) is 1.57. The predicted octanol–water partition coefficient (Wildman–Crippen LogP) is 3.07. The summed E-state index contributed by atoms with van der Waals surface area (Å²) in [6.07, 6.45) is 3.02. The van der Waals surface area contributed by atoms with Gasteiger partial charge in [-0.1, -0.05) is 26.0 Å². The van der Waals surface area contributed by atoms with Crippen LogP contribution < -0.4 is 0 Å². The van der Waals surface area contributed by atoms with Crippen molar-refractivity contribution in [1.82, 2.24) is 4.98 Å². The third-order valence-electron chi connectivity index (χ3n) is 1.57. The molecule has 3 heteroatoms. The zero-order valence-corrected chi connectivity index (χ0v) is 8.27. The third kappa shape index (κ3) is 2.13. The van der Waals surface area contributed by atoms with E-state index in [1.54, 1.807) is 24.4 Å². The van der Waals surface area contributed by atoms with Crippen molar-refractivity contribution in [3.63, 3.8) is 0 Å². The second-order valence-electron chi connectivity index (χ2n) is 2.35. The van der Waals surface area contributed by atoms with E-state index in [0.29, 0.717) is 11.5 Å². The van der Waals surface area contributed by atoms with Crippen molar-refractivity contribution < 1.29 is 9.52 Å². The maximum atomic E-state index is 9.38. The van der Waals surface area contributed by atoms with Crippen LogP contribution in [0.4, 0.5) is 0 Å². The van der Waals surface area contributed by atoms with Gasteiger partial charge in [-0.15, -0.1) is 0 Å². The summed E-state index contributed by atoms with van der Waals surface area (Å²) in [4.78, 5) is 3.92. The lowest BCUT2D eigenvalue weighted by Gasteiger charge is -1.97. The Morgan fingerprint density at radius 2 is 1.93 bits per heavy atom. The number of nitrogens with zero attached hydrogens (tertiary/aromatic N) is 1. The number of hydrogen-bond acceptors (Lipinski definition) is 3. The minimum Gasteiger partial charge on any atom is -0.507 e. The Kier molecular flexibility index (Phi) is 3.73. The normalized spacial score (nSPS) is 9.00. The molecule has 0 radical (unpaired) electrons. The van der Waals surface area contributed by atoms with Crippen LogP contribution in [0, 0.1) is 0 Å². The van der Waals surface area contributed by atoms with E-state index in [9.17, 15) is 5.11 Å². The monoisotopic (exact) mass is 191 g/mol. The highest BCUT2D eigenvalue weighted by Crippen LogP contribution is 2.26. The Bertz CT molecular complexity index is 369. The maximum absolute atomic E-state index is 9.38. The summed E-state index contributed by atoms with van der Waals surface area (Å²) in [6, 6.07) is 6.92. The van der Waals surface area contributed by atoms with Gasteiger partial charge in [0.1, 0.15) is 12.0 Å². The van der Waals surface area contributed by atoms with E-state index >= 15 is 0 Å². The van der Waals surface area contributed by atoms with Crippen molar-refractivity contribution in [2.45, 2.75) is 13.8 Å². The molecule has 0 aliphatic carbocycles. The predicted molar refractivity (Wildman–Crippen MR) is 55.0 cm³/mol. The summed E-state index contributed by atoms with van der Waals surface area (Å²) in [5.74, 6) is 0.619. The molecule has 74 valence electrons. The van der Waals surface area contributed by atoms with E-state index in [0.717, 1.165) is 0 Å². The van der Waals surface area contributed by atoms with Crippen molar-refractivity contribution in [1.29, 1.82) is 0 Å². The van der Waals surface area contributed by atoms with Crippen LogP contribution in [0.1, 0.15) is 13.8 Å². The first-order chi connectivity index (χ1) is 6.88. The highest BCUT2D eigenvalue weighted by Gasteiger charge is 2.05. The number of oxazole rings is 1. The Morgan fingerprint density at radius 1 is 1.21 bits per heavy atom. The first kappa shape index (κ1) is 10.3. The molecule has 0 aliphatic rings. The quantitative estimate of drug-likeness (QED) is 0.753. The number of rotatable bonds is 1. The highest BCUT2D eigenvalue weighted by molar-refractivity contribution is 5.61. The van der Waals surface area contributed by atoms with Crippen molar-refractivity contribution in [3.05, 3.63) is 36.7 Å². The van der Waals surface area contributed by atoms with Gasteiger partial charge >= 0.3 is 0 Å². The summed E-state index contributed by atoms with van der Waals surface area (Å²) in [5.41, 5.74) is 0.613. The minimum absolute atomic E-state index is 0.181. The van der Waals surface area contributed by atoms with Crippen molar-refractivity contribution in [2.24, 2.45) is 0 Å². The van der Waals surface area contributed by atoms with E-state index in [1.165, 1.54) is 6.26 Å². The average Bonchev–Trinajstić information content (AvgIpc) is 2.75. The van der Waals surface area contributed by atoms with Crippen LogP contribution in [0.15, 0.2) is 41.1 Å². The smallest absolute Gasteiger partial charge is 0.229 e. The van der Waals surface area contributed by atoms with Gasteiger partial charge in [0.15, 0.2) is 0 Å². The molecule has 0 atom stereocenters. The lowest BCUT2D eigenvalue weighted by Crippen LogP contribution is -1.76. The van der Waals surface area contributed by atoms with Gasteiger partial charge in [-0.3, -0.25) is 0 Å². The van der Waals surface area contributed by atoms with Gasteiger partial charge in [0.05, 0.1) is 11.8 Å². The fraction of sp³-hybridized carbons (Fsp3) is 0.182. The molecule has 0 saturated heterocycles. The molecule has 0 aliphatic heterocycles. The molecule has 1 heterocycles. The number of phenols is 1. The number of hydrogen-bond donors (Lipinski definition) is 1. The molecule has 0 saturated carbocycles. The molecule has 1 aromatic carbocycles. The van der Waals surface area contributed by atoms with Crippen molar-refractivity contribution in [2.75, 3.05) is 0 Å². The van der Waals surface area contributed by atoms with Crippen LogP contribution in [0.5, 0.6) is 5.75 Å². The summed E-state index contributed by atoms with van der Waals surface area (Å²) in [6.45, 7) is 4.00. The molecule has 0 unspecified atom stereocenters. The lowest BCUT2D eigenvalue weighted by atomic mass is 10.2. The molecular weight excluding hydrogens is 178 g/mol. The summed E-state index contributed by atoms with van der Waals surface area (Å²) in [7, 11) is 0. The van der Waals surface area contributed by atoms with E-state index in [-0.39, 0.29) is 5.75 Å². The molecule has 3 nitrogen and oxygen atoms in total. The summed E-state index contributed by atoms with van der Waals surface area (Å²) < 4.78 is 5.03. The Morgan fingerprint density at radius 3 is 2.50 bits per heavy atom. The van der Waals surface area contributed by atoms with E-state index in [2.05, 4.69) is 4.98 Å². The van der Waals surface area contributed by atoms with E-state index in [1.807, 2.05) is 19.9 Å². The van der Waals surface area contributed by atoms with E-state index in [4.69, 9.17) is 4.42 Å². The lowest BCUT2D eigenvalue weighted by molar-refractivity contribution is 0.473. The van der Waals surface area contributed by atoms with Crippen LogP contribution in [0.25, 0.3) is 11.5 Å². The van der Waals surface area contributed by atoms with Gasteiger partial charge in [-0.05, 0) is 12.1 Å². The average molecular weight is 191 g/mol. The Labute approximate surface area is 83.0 Å². The number of aromatic nitrogens is 1. The molecule has 1 N–H and O–H groups in total. The molecule has 0 bridgehead atoms. The second-order valence-corrected chi connectivity index (χ2v) is 2.35. The van der Waals surface area contributed by atoms with Gasteiger partial charge in [0.25, 0.3) is 0 Å². The largest absolute Gasteiger partial charge is 0.507 e. The van der Waals surface area contributed by atoms with Crippen LogP contribution >= 0.6 is 0 Å². The number of aromatic hydroxyl groups is 1. The molecule has 1 aromatic heterocycles. The molecule has 2 aromatic rings. The molecule has 0 spiro atoms. The van der Waals surface area contributed by atoms with Gasteiger partial charge in [-0.25, -0.2) is 4.98 Å². The van der Waals surface area contributed by atoms with Gasteiger partial charge in [-0.2, -0.15) is 0 Å².